The monoisotopic (exact) mass is 769 g/mol. The molecule has 0 aliphatic heterocycles. The van der Waals surface area contributed by atoms with E-state index in [0.29, 0.717) is 27.7 Å². The van der Waals surface area contributed by atoms with Gasteiger partial charge in [0, 0.05) is 0 Å². The zero-order chi connectivity index (χ0) is 31.4. The van der Waals surface area contributed by atoms with Crippen LogP contribution in [0.1, 0.15) is 87.0 Å². The molecule has 2 atom stereocenters. The third-order valence-corrected chi connectivity index (χ3v) is 41.1. The van der Waals surface area contributed by atoms with Crippen LogP contribution in [0.5, 0.6) is 0 Å². The molecule has 4 saturated carbocycles. The summed E-state index contributed by atoms with van der Waals surface area (Å²) in [5.41, 5.74) is 9.49. The normalized spacial score (nSPS) is 34.0. The summed E-state index contributed by atoms with van der Waals surface area (Å²) in [6.45, 7) is 17.3. The predicted molar refractivity (Wildman–Crippen MR) is 190 cm³/mol. The van der Waals surface area contributed by atoms with E-state index in [1.165, 1.54) is 49.7 Å². The van der Waals surface area contributed by atoms with Gasteiger partial charge in [-0.1, -0.05) is 60.7 Å². The zero-order valence-electron chi connectivity index (χ0n) is 28.7. The molecule has 0 heterocycles. The van der Waals surface area contributed by atoms with Crippen molar-refractivity contribution in [1.29, 1.82) is 0 Å². The van der Waals surface area contributed by atoms with Gasteiger partial charge in [0.25, 0.3) is 0 Å². The molecule has 1 N–H and O–H groups in total. The number of allylic oxidation sites excluding steroid dienone is 4. The zero-order valence-corrected chi connectivity index (χ0v) is 33.7. The Kier molecular flexibility index (Phi) is 8.60. The van der Waals surface area contributed by atoms with Crippen molar-refractivity contribution in [2.24, 2.45) is 22.2 Å². The maximum absolute atomic E-state index is 4.81. The molecule has 3 heteroatoms. The third kappa shape index (κ3) is 6.27. The number of nitrogens with one attached hydrogen (secondary N) is 1. The molecule has 0 amide bonds. The molecule has 4 bridgehead atoms. The van der Waals surface area contributed by atoms with Crippen LogP contribution >= 0.6 is 0 Å². The largest absolute Gasteiger partial charge is 0.0622 e. The van der Waals surface area contributed by atoms with Crippen LogP contribution in [-0.2, 0) is 19.4 Å². The van der Waals surface area contributed by atoms with E-state index in [2.05, 4.69) is 132 Å². The van der Waals surface area contributed by atoms with E-state index >= 15 is 0 Å². The molecule has 2 unspecified atom stereocenters. The van der Waals surface area contributed by atoms with Gasteiger partial charge in [-0.2, -0.15) is 0 Å². The Morgan fingerprint density at radius 3 is 1.41 bits per heavy atom. The van der Waals surface area contributed by atoms with E-state index in [1.807, 2.05) is 15.5 Å². The third-order valence-electron chi connectivity index (χ3n) is 11.9. The fourth-order valence-corrected chi connectivity index (χ4v) is 48.9. The number of benzene rings is 3. The first-order valence-corrected chi connectivity index (χ1v) is 33.3. The minimum absolute atomic E-state index is 0.350. The molecule has 0 aromatic heterocycles. The Morgan fingerprint density at radius 1 is 0.614 bits per heavy atom. The van der Waals surface area contributed by atoms with Crippen LogP contribution in [0.25, 0.3) is 11.1 Å². The molecule has 0 radical (unpaired) electrons. The SMILES string of the molecule is CC1=C(C)C(C)[C]([Hf]([CH3])([NH]C23CC4(C)CC(C)(CC(C)(C4)C2)C3)[SiH2]c2ccccc2)=C1C.c1ccc(-c2ccccc2)cc1. The predicted octanol–water partition coefficient (Wildman–Crippen LogP) is 9.86. The van der Waals surface area contributed by atoms with Gasteiger partial charge in [0.15, 0.2) is 0 Å². The maximum atomic E-state index is 4.81. The van der Waals surface area contributed by atoms with Crippen LogP contribution in [-0.4, -0.2) is 12.2 Å². The van der Waals surface area contributed by atoms with Crippen molar-refractivity contribution in [3.05, 3.63) is 111 Å². The van der Waals surface area contributed by atoms with Gasteiger partial charge in [0.2, 0.25) is 0 Å². The second-order valence-corrected chi connectivity index (χ2v) is 45.7. The van der Waals surface area contributed by atoms with Crippen molar-refractivity contribution >= 4 is 11.9 Å². The first-order valence-electron chi connectivity index (χ1n) is 17.1. The van der Waals surface area contributed by atoms with Gasteiger partial charge >= 0.3 is 204 Å². The van der Waals surface area contributed by atoms with Crippen LogP contribution in [0, 0.1) is 22.2 Å². The van der Waals surface area contributed by atoms with Crippen molar-refractivity contribution in [2.75, 3.05) is 0 Å². The molecule has 5 aliphatic rings. The molecule has 8 rings (SSSR count). The van der Waals surface area contributed by atoms with Crippen molar-refractivity contribution in [1.82, 2.24) is 3.30 Å². The van der Waals surface area contributed by atoms with Crippen molar-refractivity contribution in [2.45, 2.75) is 97.2 Å². The smallest absolute Gasteiger partial charge is 0.0184 e. The summed E-state index contributed by atoms with van der Waals surface area (Å²) in [6.07, 6.45) is 8.66. The molecular weight excluding hydrogens is 713 g/mol. The summed E-state index contributed by atoms with van der Waals surface area (Å²) in [6, 6.07) is 32.4. The average Bonchev–Trinajstić information content (AvgIpc) is 3.14. The maximum Gasteiger partial charge on any atom is -0.0184 e. The molecule has 44 heavy (non-hydrogen) atoms. The second-order valence-electron chi connectivity index (χ2n) is 16.7. The number of hydrogen-bond acceptors (Lipinski definition) is 1. The van der Waals surface area contributed by atoms with Gasteiger partial charge < -0.3 is 0 Å². The fourth-order valence-electron chi connectivity index (χ4n) is 11.7. The Morgan fingerprint density at radius 2 is 1.02 bits per heavy atom. The molecule has 1 nitrogen and oxygen atoms in total. The molecule has 0 saturated heterocycles. The van der Waals surface area contributed by atoms with E-state index < -0.39 is 19.4 Å². The molecule has 5 aliphatic carbocycles. The number of rotatable bonds is 6. The molecule has 232 valence electrons. The van der Waals surface area contributed by atoms with E-state index in [1.54, 1.807) is 21.9 Å². The van der Waals surface area contributed by atoms with Crippen LogP contribution < -0.4 is 8.49 Å². The van der Waals surface area contributed by atoms with Crippen molar-refractivity contribution in [3.8, 4) is 11.1 Å². The first kappa shape index (κ1) is 32.1. The molecule has 3 aromatic rings. The summed E-state index contributed by atoms with van der Waals surface area (Å²) in [5, 5.41) is 1.69. The van der Waals surface area contributed by atoms with Gasteiger partial charge in [0.1, 0.15) is 0 Å². The quantitative estimate of drug-likeness (QED) is 0.247. The Bertz CT molecular complexity index is 1470. The minimum Gasteiger partial charge on any atom is -0.0622 e. The molecule has 0 spiro atoms. The Labute approximate surface area is 274 Å². The van der Waals surface area contributed by atoms with Crippen molar-refractivity contribution in [3.63, 3.8) is 0 Å². The molecular formula is C41H55HfNSi. The summed E-state index contributed by atoms with van der Waals surface area (Å²) in [7, 11) is 0. The van der Waals surface area contributed by atoms with E-state index in [4.69, 9.17) is 3.30 Å². The van der Waals surface area contributed by atoms with Gasteiger partial charge in [-0.25, -0.2) is 0 Å². The fraction of sp³-hybridized carbons (Fsp3) is 0.463. The van der Waals surface area contributed by atoms with Gasteiger partial charge in [-0.05, 0) is 11.1 Å². The Balaban J connectivity index is 0.000000238. The van der Waals surface area contributed by atoms with Gasteiger partial charge in [-0.15, -0.1) is 0 Å². The standard InChI is InChI=1S/C13H22N.C12H10.C9H13.C6H7Si.CH3.Hf/c1-10-4-11(2)6-12(3,5-10)9-13(14,7-10)8-11;1-3-7-11(8-4-1)12-9-5-2-6-10-12;1-6-5-7(2)9(4)8(6)3;7-6-4-2-1-3-5-6;;/h14H,4-9H2,1-3H3;1-10H;6H,1-4H3;1-5H,7H2;1H3;/q-1;;;;;+1. The van der Waals surface area contributed by atoms with E-state index in [0.717, 1.165) is 0 Å². The van der Waals surface area contributed by atoms with Crippen LogP contribution in [0.15, 0.2) is 111 Å². The van der Waals surface area contributed by atoms with Gasteiger partial charge in [0.05, 0.1) is 0 Å². The summed E-state index contributed by atoms with van der Waals surface area (Å²) >= 11 is -2.98. The molecule has 3 aromatic carbocycles. The second kappa shape index (κ2) is 11.8. The van der Waals surface area contributed by atoms with E-state index in [-0.39, 0.29) is 6.71 Å². The van der Waals surface area contributed by atoms with Crippen LogP contribution in [0.3, 0.4) is 0 Å². The van der Waals surface area contributed by atoms with E-state index in [9.17, 15) is 0 Å². The van der Waals surface area contributed by atoms with Crippen LogP contribution in [0.2, 0.25) is 4.68 Å². The topological polar surface area (TPSA) is 12.0 Å². The van der Waals surface area contributed by atoms with Crippen LogP contribution in [0.4, 0.5) is 0 Å². The minimum atomic E-state index is -2.98. The summed E-state index contributed by atoms with van der Waals surface area (Å²) < 4.78 is 9.55. The Hall–Kier alpha value is -1.81. The molecule has 4 fully saturated rings. The summed E-state index contributed by atoms with van der Waals surface area (Å²) in [5.74, 6) is 0.654. The first-order chi connectivity index (χ1) is 20.8. The summed E-state index contributed by atoms with van der Waals surface area (Å²) in [4.78, 5) is 0. The average molecular weight is 768 g/mol. The number of hydrogen-bond donors (Lipinski definition) is 1. The van der Waals surface area contributed by atoms with Crippen molar-refractivity contribution < 1.29 is 19.4 Å². The van der Waals surface area contributed by atoms with Gasteiger partial charge in [-0.3, -0.25) is 0 Å².